The molecule has 2 heterocycles. The minimum Gasteiger partial charge on any atom is -0.495 e. The van der Waals surface area contributed by atoms with Crippen molar-refractivity contribution in [3.05, 3.63) is 48.4 Å². The maximum atomic E-state index is 12.7. The summed E-state index contributed by atoms with van der Waals surface area (Å²) in [7, 11) is 4.83. The van der Waals surface area contributed by atoms with Gasteiger partial charge in [-0.2, -0.15) is 4.98 Å². The first kappa shape index (κ1) is 22.4. The number of para-hydroxylation sites is 2. The number of benzene rings is 2. The number of hydrogen-bond donors (Lipinski definition) is 0. The van der Waals surface area contributed by atoms with Crippen molar-refractivity contribution in [1.29, 1.82) is 0 Å². The number of piperazine rings is 1. The van der Waals surface area contributed by atoms with Crippen LogP contribution in [0.4, 0.5) is 5.69 Å². The van der Waals surface area contributed by atoms with Crippen LogP contribution in [-0.4, -0.2) is 68.5 Å². The summed E-state index contributed by atoms with van der Waals surface area (Å²) in [6.45, 7) is 2.85. The number of ether oxygens (including phenoxy) is 3. The standard InChI is InChI=1S/C24H28N4O5/c1-30-19-7-5-4-6-18(19)27-12-14-28(15-13-27)23(29)11-10-22-25-24(26-33-22)17-8-9-20(31-2)21(16-17)32-3/h4-9,16H,10-15H2,1-3H3. The van der Waals surface area contributed by atoms with Crippen LogP contribution in [0.15, 0.2) is 47.0 Å². The Hall–Kier alpha value is -3.75. The Bertz CT molecular complexity index is 1090. The van der Waals surface area contributed by atoms with Crippen molar-refractivity contribution in [3.8, 4) is 28.6 Å². The van der Waals surface area contributed by atoms with E-state index in [1.807, 2.05) is 35.2 Å². The average molecular weight is 453 g/mol. The molecule has 0 spiro atoms. The Morgan fingerprint density at radius 1 is 0.939 bits per heavy atom. The van der Waals surface area contributed by atoms with E-state index in [1.54, 1.807) is 33.5 Å². The molecule has 0 atom stereocenters. The van der Waals surface area contributed by atoms with Gasteiger partial charge in [-0.1, -0.05) is 17.3 Å². The molecule has 174 valence electrons. The number of amides is 1. The molecule has 1 aliphatic rings. The lowest BCUT2D eigenvalue weighted by Crippen LogP contribution is -2.48. The molecule has 2 aromatic carbocycles. The molecule has 4 rings (SSSR count). The van der Waals surface area contributed by atoms with E-state index >= 15 is 0 Å². The lowest BCUT2D eigenvalue weighted by molar-refractivity contribution is -0.131. The second kappa shape index (κ2) is 10.2. The molecule has 0 saturated carbocycles. The quantitative estimate of drug-likeness (QED) is 0.515. The third-order valence-corrected chi connectivity index (χ3v) is 5.72. The Balaban J connectivity index is 1.31. The molecule has 9 heteroatoms. The molecule has 0 bridgehead atoms. The number of carbonyl (C=O) groups excluding carboxylic acids is 1. The summed E-state index contributed by atoms with van der Waals surface area (Å²) in [6, 6.07) is 13.4. The lowest BCUT2D eigenvalue weighted by atomic mass is 10.2. The first-order valence-electron chi connectivity index (χ1n) is 10.8. The summed E-state index contributed by atoms with van der Waals surface area (Å²) < 4.78 is 21.4. The zero-order valence-corrected chi connectivity index (χ0v) is 19.1. The van der Waals surface area contributed by atoms with Crippen LogP contribution in [0.3, 0.4) is 0 Å². The topological polar surface area (TPSA) is 90.2 Å². The number of aromatic nitrogens is 2. The van der Waals surface area contributed by atoms with Crippen LogP contribution in [0.1, 0.15) is 12.3 Å². The highest BCUT2D eigenvalue weighted by atomic mass is 16.5. The van der Waals surface area contributed by atoms with E-state index in [0.29, 0.717) is 49.1 Å². The van der Waals surface area contributed by atoms with Gasteiger partial charge in [0, 0.05) is 44.6 Å². The van der Waals surface area contributed by atoms with E-state index in [9.17, 15) is 4.79 Å². The van der Waals surface area contributed by atoms with Crippen molar-refractivity contribution in [1.82, 2.24) is 15.0 Å². The van der Waals surface area contributed by atoms with Gasteiger partial charge < -0.3 is 28.5 Å². The van der Waals surface area contributed by atoms with Gasteiger partial charge in [0.25, 0.3) is 0 Å². The van der Waals surface area contributed by atoms with Gasteiger partial charge in [0.2, 0.25) is 17.6 Å². The molecular weight excluding hydrogens is 424 g/mol. The fraction of sp³-hybridized carbons (Fsp3) is 0.375. The number of methoxy groups -OCH3 is 3. The molecule has 1 saturated heterocycles. The van der Waals surface area contributed by atoms with E-state index in [4.69, 9.17) is 18.7 Å². The molecular formula is C24H28N4O5. The van der Waals surface area contributed by atoms with Crippen molar-refractivity contribution >= 4 is 11.6 Å². The number of hydrogen-bond acceptors (Lipinski definition) is 8. The van der Waals surface area contributed by atoms with Gasteiger partial charge in [0.1, 0.15) is 5.75 Å². The fourth-order valence-electron chi connectivity index (χ4n) is 3.91. The summed E-state index contributed by atoms with van der Waals surface area (Å²) in [5.74, 6) is 3.02. The number of carbonyl (C=O) groups is 1. The first-order chi connectivity index (χ1) is 16.1. The van der Waals surface area contributed by atoms with Crippen LogP contribution in [0.2, 0.25) is 0 Å². The largest absolute Gasteiger partial charge is 0.495 e. The SMILES string of the molecule is COc1ccc(-c2noc(CCC(=O)N3CCN(c4ccccc4OC)CC3)n2)cc1OC. The summed E-state index contributed by atoms with van der Waals surface area (Å²) in [6.07, 6.45) is 0.716. The summed E-state index contributed by atoms with van der Waals surface area (Å²) >= 11 is 0. The lowest BCUT2D eigenvalue weighted by Gasteiger charge is -2.36. The van der Waals surface area contributed by atoms with Crippen molar-refractivity contribution in [2.24, 2.45) is 0 Å². The molecule has 3 aromatic rings. The number of nitrogens with zero attached hydrogens (tertiary/aromatic N) is 4. The molecule has 0 radical (unpaired) electrons. The highest BCUT2D eigenvalue weighted by Crippen LogP contribution is 2.31. The smallest absolute Gasteiger partial charge is 0.227 e. The van der Waals surface area contributed by atoms with Crippen LogP contribution in [0.5, 0.6) is 17.2 Å². The van der Waals surface area contributed by atoms with Gasteiger partial charge in [0.05, 0.1) is 27.0 Å². The maximum Gasteiger partial charge on any atom is 0.227 e. The summed E-state index contributed by atoms with van der Waals surface area (Å²) in [4.78, 5) is 21.3. The zero-order chi connectivity index (χ0) is 23.2. The van der Waals surface area contributed by atoms with Crippen LogP contribution in [0.25, 0.3) is 11.4 Å². The van der Waals surface area contributed by atoms with Gasteiger partial charge >= 0.3 is 0 Å². The number of rotatable bonds is 8. The van der Waals surface area contributed by atoms with Crippen molar-refractivity contribution in [2.75, 3.05) is 52.4 Å². The fourth-order valence-corrected chi connectivity index (χ4v) is 3.91. The van der Waals surface area contributed by atoms with Gasteiger partial charge in [-0.25, -0.2) is 0 Å². The Labute approximate surface area is 192 Å². The molecule has 0 aliphatic carbocycles. The minimum absolute atomic E-state index is 0.0838. The van der Waals surface area contributed by atoms with Gasteiger partial charge in [-0.15, -0.1) is 0 Å². The van der Waals surface area contributed by atoms with E-state index < -0.39 is 0 Å². The molecule has 0 unspecified atom stereocenters. The second-order valence-corrected chi connectivity index (χ2v) is 7.62. The average Bonchev–Trinajstić information content (AvgIpc) is 3.36. The third-order valence-electron chi connectivity index (χ3n) is 5.72. The van der Waals surface area contributed by atoms with Gasteiger partial charge in [0.15, 0.2) is 11.5 Å². The highest BCUT2D eigenvalue weighted by molar-refractivity contribution is 5.76. The number of anilines is 1. The molecule has 33 heavy (non-hydrogen) atoms. The number of aryl methyl sites for hydroxylation is 1. The summed E-state index contributed by atoms with van der Waals surface area (Å²) in [5.41, 5.74) is 1.81. The molecule has 9 nitrogen and oxygen atoms in total. The molecule has 1 aromatic heterocycles. The monoisotopic (exact) mass is 452 g/mol. The van der Waals surface area contributed by atoms with Crippen LogP contribution in [0, 0.1) is 0 Å². The summed E-state index contributed by atoms with van der Waals surface area (Å²) in [5, 5.41) is 4.04. The van der Waals surface area contributed by atoms with Crippen molar-refractivity contribution in [3.63, 3.8) is 0 Å². The molecule has 0 N–H and O–H groups in total. The second-order valence-electron chi connectivity index (χ2n) is 7.62. The maximum absolute atomic E-state index is 12.7. The Morgan fingerprint density at radius 2 is 1.67 bits per heavy atom. The molecule has 1 amide bonds. The van der Waals surface area contributed by atoms with Gasteiger partial charge in [-0.3, -0.25) is 4.79 Å². The molecule has 1 aliphatic heterocycles. The minimum atomic E-state index is 0.0838. The Kier molecular flexibility index (Phi) is 6.97. The van der Waals surface area contributed by atoms with Crippen LogP contribution < -0.4 is 19.1 Å². The van der Waals surface area contributed by atoms with Crippen LogP contribution in [-0.2, 0) is 11.2 Å². The van der Waals surface area contributed by atoms with Crippen molar-refractivity contribution in [2.45, 2.75) is 12.8 Å². The van der Waals surface area contributed by atoms with E-state index in [2.05, 4.69) is 15.0 Å². The normalized spacial score (nSPS) is 13.7. The molecule has 1 fully saturated rings. The third kappa shape index (κ3) is 5.02. The van der Waals surface area contributed by atoms with E-state index in [0.717, 1.165) is 30.1 Å². The Morgan fingerprint density at radius 3 is 2.39 bits per heavy atom. The highest BCUT2D eigenvalue weighted by Gasteiger charge is 2.23. The van der Waals surface area contributed by atoms with Crippen LogP contribution >= 0.6 is 0 Å². The predicted molar refractivity (Wildman–Crippen MR) is 123 cm³/mol. The predicted octanol–water partition coefficient (Wildman–Crippen LogP) is 3.04. The van der Waals surface area contributed by atoms with Crippen molar-refractivity contribution < 1.29 is 23.5 Å². The zero-order valence-electron chi connectivity index (χ0n) is 19.1. The van der Waals surface area contributed by atoms with E-state index in [1.165, 1.54) is 0 Å². The van der Waals surface area contributed by atoms with Gasteiger partial charge in [-0.05, 0) is 30.3 Å². The first-order valence-corrected chi connectivity index (χ1v) is 10.8. The van der Waals surface area contributed by atoms with E-state index in [-0.39, 0.29) is 5.91 Å².